The number of hydrogen-bond acceptors (Lipinski definition) is 5. The van der Waals surface area contributed by atoms with Crippen molar-refractivity contribution >= 4 is 27.9 Å². The summed E-state index contributed by atoms with van der Waals surface area (Å²) in [6, 6.07) is -0.842. The van der Waals surface area contributed by atoms with E-state index in [-0.39, 0.29) is 6.42 Å². The van der Waals surface area contributed by atoms with Crippen molar-refractivity contribution in [2.24, 2.45) is 5.11 Å². The van der Waals surface area contributed by atoms with Crippen molar-refractivity contribution in [2.45, 2.75) is 42.3 Å². The molecular weight excluding hydrogens is 353 g/mol. The summed E-state index contributed by atoms with van der Waals surface area (Å²) < 4.78 is 17.6. The second-order valence-corrected chi connectivity index (χ2v) is 6.53. The number of carbonyl (C=O) groups excluding carboxylic acids is 2. The zero-order valence-electron chi connectivity index (χ0n) is 10.9. The number of hydrogen-bond donors (Lipinski definition) is 2. The van der Waals surface area contributed by atoms with Crippen LogP contribution in [0, 0.1) is 0 Å². The van der Waals surface area contributed by atoms with E-state index in [0.29, 0.717) is 0 Å². The van der Waals surface area contributed by atoms with Crippen LogP contribution in [-0.4, -0.2) is 57.5 Å². The van der Waals surface area contributed by atoms with Crippen molar-refractivity contribution in [3.8, 4) is 0 Å². The standard InChI is InChI=1S/C10H13BrFN5O4/c1-10(11)7(15-16-13)17(9(20)14-8(10)19)6-2-4(12)5(3-18)21-6/h4-7,18H,2-3H2,1H3,(H,14,19,20)/t4-,5+,6+,7+,10-/m0/s1. The largest absolute Gasteiger partial charge is 0.394 e. The van der Waals surface area contributed by atoms with Gasteiger partial charge in [0.2, 0.25) is 5.91 Å². The lowest BCUT2D eigenvalue weighted by molar-refractivity contribution is -0.129. The fraction of sp³-hybridized carbons (Fsp3) is 0.800. The van der Waals surface area contributed by atoms with Crippen LogP contribution in [0.25, 0.3) is 10.4 Å². The van der Waals surface area contributed by atoms with Crippen LogP contribution < -0.4 is 5.32 Å². The summed E-state index contributed by atoms with van der Waals surface area (Å²) in [6.07, 6.45) is -4.98. The Balaban J connectivity index is 2.33. The van der Waals surface area contributed by atoms with E-state index in [1.807, 2.05) is 0 Å². The third-order valence-electron chi connectivity index (χ3n) is 3.46. The Morgan fingerprint density at radius 3 is 2.90 bits per heavy atom. The molecular formula is C10H13BrFN5O4. The lowest BCUT2D eigenvalue weighted by atomic mass is 10.0. The average Bonchev–Trinajstić information content (AvgIpc) is 2.77. The lowest BCUT2D eigenvalue weighted by Crippen LogP contribution is -2.67. The van der Waals surface area contributed by atoms with Gasteiger partial charge in [0.25, 0.3) is 0 Å². The second-order valence-electron chi connectivity index (χ2n) is 4.88. The number of nitrogens with one attached hydrogen (secondary N) is 1. The molecule has 2 fully saturated rings. The fourth-order valence-electron chi connectivity index (χ4n) is 2.30. The minimum Gasteiger partial charge on any atom is -0.394 e. The van der Waals surface area contributed by atoms with Crippen LogP contribution in [0.15, 0.2) is 5.11 Å². The summed E-state index contributed by atoms with van der Waals surface area (Å²) in [6.45, 7) is 0.885. The molecule has 0 spiro atoms. The SMILES string of the molecule is C[C@@]1(Br)C(=O)NC(=O)N([C@H]2C[C@H](F)[C@@H](CO)O2)[C@H]1N=[N+]=[N-]. The third-order valence-corrected chi connectivity index (χ3v) is 4.23. The zero-order chi connectivity index (χ0) is 15.8. The molecule has 2 N–H and O–H groups in total. The van der Waals surface area contributed by atoms with Gasteiger partial charge in [-0.3, -0.25) is 15.0 Å². The van der Waals surface area contributed by atoms with Crippen LogP contribution in [-0.2, 0) is 9.53 Å². The number of aliphatic hydroxyl groups excluding tert-OH is 1. The molecule has 2 heterocycles. The van der Waals surface area contributed by atoms with Gasteiger partial charge in [-0.2, -0.15) is 0 Å². The van der Waals surface area contributed by atoms with Crippen molar-refractivity contribution in [3.05, 3.63) is 10.4 Å². The Morgan fingerprint density at radius 1 is 1.71 bits per heavy atom. The molecule has 9 nitrogen and oxygen atoms in total. The first kappa shape index (κ1) is 16.0. The fourth-order valence-corrected chi connectivity index (χ4v) is 2.71. The predicted molar refractivity (Wildman–Crippen MR) is 70.9 cm³/mol. The van der Waals surface area contributed by atoms with Crippen molar-refractivity contribution in [1.82, 2.24) is 10.2 Å². The molecule has 0 aromatic heterocycles. The van der Waals surface area contributed by atoms with Crippen LogP contribution in [0.5, 0.6) is 0 Å². The number of imide groups is 1. The van der Waals surface area contributed by atoms with Crippen molar-refractivity contribution in [2.75, 3.05) is 6.61 Å². The summed E-state index contributed by atoms with van der Waals surface area (Å²) in [4.78, 5) is 27.4. The van der Waals surface area contributed by atoms with Crippen LogP contribution in [0.3, 0.4) is 0 Å². The van der Waals surface area contributed by atoms with E-state index < -0.39 is 47.5 Å². The van der Waals surface area contributed by atoms with Gasteiger partial charge in [0.1, 0.15) is 29.0 Å². The van der Waals surface area contributed by atoms with E-state index in [2.05, 4.69) is 31.3 Å². The molecule has 116 valence electrons. The Bertz CT molecular complexity index is 512. The van der Waals surface area contributed by atoms with Crippen LogP contribution in [0.1, 0.15) is 13.3 Å². The van der Waals surface area contributed by atoms with Gasteiger partial charge < -0.3 is 9.84 Å². The highest BCUT2D eigenvalue weighted by atomic mass is 79.9. The Morgan fingerprint density at radius 2 is 2.38 bits per heavy atom. The molecule has 0 aromatic rings. The van der Waals surface area contributed by atoms with E-state index in [4.69, 9.17) is 15.4 Å². The molecule has 2 rings (SSSR count). The van der Waals surface area contributed by atoms with Gasteiger partial charge in [-0.05, 0) is 12.5 Å². The molecule has 21 heavy (non-hydrogen) atoms. The minimum absolute atomic E-state index is 0.187. The lowest BCUT2D eigenvalue weighted by Gasteiger charge is -2.43. The maximum absolute atomic E-state index is 13.7. The minimum atomic E-state index is -1.46. The van der Waals surface area contributed by atoms with Gasteiger partial charge >= 0.3 is 6.03 Å². The van der Waals surface area contributed by atoms with E-state index in [0.717, 1.165) is 4.90 Å². The van der Waals surface area contributed by atoms with E-state index >= 15 is 0 Å². The normalized spacial score (nSPS) is 39.9. The second kappa shape index (κ2) is 5.76. The quantitative estimate of drug-likeness (QED) is 0.331. The number of urea groups is 1. The number of azide groups is 1. The topological polar surface area (TPSA) is 128 Å². The van der Waals surface area contributed by atoms with Gasteiger partial charge in [-0.15, -0.1) is 0 Å². The van der Waals surface area contributed by atoms with Crippen molar-refractivity contribution in [1.29, 1.82) is 0 Å². The smallest absolute Gasteiger partial charge is 0.326 e. The Labute approximate surface area is 127 Å². The zero-order valence-corrected chi connectivity index (χ0v) is 12.5. The highest BCUT2D eigenvalue weighted by Crippen LogP contribution is 2.36. The summed E-state index contributed by atoms with van der Waals surface area (Å²) in [5.41, 5.74) is 8.65. The molecule has 0 saturated carbocycles. The molecule has 0 bridgehead atoms. The molecule has 2 aliphatic heterocycles. The number of carbonyl (C=O) groups is 2. The third kappa shape index (κ3) is 2.69. The molecule has 2 saturated heterocycles. The van der Waals surface area contributed by atoms with Crippen LogP contribution in [0.4, 0.5) is 9.18 Å². The average molecular weight is 366 g/mol. The molecule has 5 atom stereocenters. The number of halogens is 2. The predicted octanol–water partition coefficient (Wildman–Crippen LogP) is 0.774. The van der Waals surface area contributed by atoms with Crippen LogP contribution in [0.2, 0.25) is 0 Å². The molecule has 0 aliphatic carbocycles. The van der Waals surface area contributed by atoms with Gasteiger partial charge in [0.15, 0.2) is 0 Å². The molecule has 3 amide bonds. The molecule has 0 radical (unpaired) electrons. The Hall–Kier alpha value is -1.42. The van der Waals surface area contributed by atoms with E-state index in [1.54, 1.807) is 0 Å². The summed E-state index contributed by atoms with van der Waals surface area (Å²) >= 11 is 3.12. The summed E-state index contributed by atoms with van der Waals surface area (Å²) in [5.74, 6) is -0.672. The molecule has 0 unspecified atom stereocenters. The Kier molecular flexibility index (Phi) is 4.38. The van der Waals surface area contributed by atoms with Crippen molar-refractivity contribution in [3.63, 3.8) is 0 Å². The molecule has 2 aliphatic rings. The van der Waals surface area contributed by atoms with Gasteiger partial charge in [-0.1, -0.05) is 21.0 Å². The van der Waals surface area contributed by atoms with E-state index in [9.17, 15) is 14.0 Å². The maximum atomic E-state index is 13.7. The number of aliphatic hydroxyl groups is 1. The summed E-state index contributed by atoms with van der Waals surface area (Å²) in [7, 11) is 0. The number of amides is 3. The molecule has 0 aromatic carbocycles. The van der Waals surface area contributed by atoms with Gasteiger partial charge in [0, 0.05) is 11.3 Å². The number of alkyl halides is 2. The summed E-state index contributed by atoms with van der Waals surface area (Å²) in [5, 5.41) is 14.5. The first-order valence-corrected chi connectivity index (χ1v) is 6.89. The molecule has 11 heteroatoms. The maximum Gasteiger partial charge on any atom is 0.326 e. The number of rotatable bonds is 3. The highest BCUT2D eigenvalue weighted by Gasteiger charge is 2.53. The van der Waals surface area contributed by atoms with E-state index in [1.165, 1.54) is 6.92 Å². The number of ether oxygens (including phenoxy) is 1. The highest BCUT2D eigenvalue weighted by molar-refractivity contribution is 9.10. The number of nitrogens with zero attached hydrogens (tertiary/aromatic N) is 4. The van der Waals surface area contributed by atoms with Gasteiger partial charge in [-0.25, -0.2) is 9.18 Å². The first-order valence-electron chi connectivity index (χ1n) is 6.10. The van der Waals surface area contributed by atoms with Crippen LogP contribution >= 0.6 is 15.9 Å². The first-order chi connectivity index (χ1) is 9.82. The van der Waals surface area contributed by atoms with Gasteiger partial charge in [0.05, 0.1) is 6.61 Å². The van der Waals surface area contributed by atoms with Crippen molar-refractivity contribution < 1.29 is 23.8 Å². The monoisotopic (exact) mass is 365 g/mol.